The van der Waals surface area contributed by atoms with Crippen LogP contribution in [0.5, 0.6) is 0 Å². The largest absolute Gasteiger partial charge is 0.368 e. The molecule has 1 aromatic rings. The van der Waals surface area contributed by atoms with Crippen molar-refractivity contribution < 1.29 is 18.0 Å². The molecule has 24 heavy (non-hydrogen) atoms. The summed E-state index contributed by atoms with van der Waals surface area (Å²) in [7, 11) is -3.88. The molecular formula is C17H22N2O4S. The normalized spacial score (nSPS) is 28.4. The van der Waals surface area contributed by atoms with Crippen molar-refractivity contribution in [1.29, 1.82) is 0 Å². The molecule has 2 fully saturated rings. The quantitative estimate of drug-likeness (QED) is 0.890. The summed E-state index contributed by atoms with van der Waals surface area (Å²) in [4.78, 5) is 24.4. The van der Waals surface area contributed by atoms with Gasteiger partial charge >= 0.3 is 0 Å². The van der Waals surface area contributed by atoms with Crippen molar-refractivity contribution in [2.75, 3.05) is 0 Å². The van der Waals surface area contributed by atoms with E-state index in [0.29, 0.717) is 12.8 Å². The SMILES string of the molecule is Cc1ccc(S(=O)(=O)N2[C@H](C(N)=O)C[C@@H]3C(=O)CCCC[C@@H]32)cc1. The summed E-state index contributed by atoms with van der Waals surface area (Å²) in [5.41, 5.74) is 6.42. The van der Waals surface area contributed by atoms with Crippen molar-refractivity contribution in [3.05, 3.63) is 29.8 Å². The predicted molar refractivity (Wildman–Crippen MR) is 88.6 cm³/mol. The third-order valence-corrected chi connectivity index (χ3v) is 7.04. The molecule has 3 rings (SSSR count). The zero-order valence-corrected chi connectivity index (χ0v) is 14.5. The number of rotatable bonds is 3. The van der Waals surface area contributed by atoms with Crippen LogP contribution in [-0.2, 0) is 19.6 Å². The molecule has 6 nitrogen and oxygen atoms in total. The first-order valence-electron chi connectivity index (χ1n) is 8.24. The molecule has 7 heteroatoms. The van der Waals surface area contributed by atoms with Gasteiger partial charge in [0.2, 0.25) is 15.9 Å². The monoisotopic (exact) mass is 350 g/mol. The molecule has 2 aliphatic rings. The molecule has 1 aromatic carbocycles. The number of ketones is 1. The van der Waals surface area contributed by atoms with Crippen molar-refractivity contribution in [2.45, 2.75) is 56.0 Å². The lowest BCUT2D eigenvalue weighted by Crippen LogP contribution is -2.47. The highest BCUT2D eigenvalue weighted by Gasteiger charge is 2.52. The number of Topliss-reactive ketones (excluding diaryl/α,β-unsaturated/α-hetero) is 1. The summed E-state index contributed by atoms with van der Waals surface area (Å²) in [5, 5.41) is 0. The van der Waals surface area contributed by atoms with Gasteiger partial charge in [-0.3, -0.25) is 9.59 Å². The van der Waals surface area contributed by atoms with E-state index in [1.165, 1.54) is 16.4 Å². The minimum absolute atomic E-state index is 0.0466. The van der Waals surface area contributed by atoms with Crippen LogP contribution in [0.4, 0.5) is 0 Å². The van der Waals surface area contributed by atoms with E-state index in [9.17, 15) is 18.0 Å². The fourth-order valence-corrected chi connectivity index (χ4v) is 5.70. The van der Waals surface area contributed by atoms with Crippen molar-refractivity contribution in [3.8, 4) is 0 Å². The standard InChI is InChI=1S/C17H22N2O4S/c1-11-6-8-12(9-7-11)24(22,23)19-14-4-2-3-5-16(20)13(14)10-15(19)17(18)21/h6-9,13-15H,2-5,10H2,1H3,(H2,18,21)/t13-,14-,15-/m0/s1. The van der Waals surface area contributed by atoms with Crippen LogP contribution in [-0.4, -0.2) is 36.5 Å². The number of sulfonamides is 1. The minimum Gasteiger partial charge on any atom is -0.368 e. The van der Waals surface area contributed by atoms with E-state index in [4.69, 9.17) is 5.73 Å². The van der Waals surface area contributed by atoms with Gasteiger partial charge in [0.15, 0.2) is 0 Å². The zero-order valence-electron chi connectivity index (χ0n) is 13.6. The van der Waals surface area contributed by atoms with E-state index in [1.807, 2.05) is 6.92 Å². The molecule has 3 atom stereocenters. The van der Waals surface area contributed by atoms with E-state index in [-0.39, 0.29) is 17.1 Å². The summed E-state index contributed by atoms with van der Waals surface area (Å²) in [5.74, 6) is -1.07. The van der Waals surface area contributed by atoms with Gasteiger partial charge in [-0.2, -0.15) is 4.31 Å². The van der Waals surface area contributed by atoms with Crippen LogP contribution in [0.3, 0.4) is 0 Å². The molecule has 130 valence electrons. The summed E-state index contributed by atoms with van der Waals surface area (Å²) in [6, 6.07) is 5.09. The summed E-state index contributed by atoms with van der Waals surface area (Å²) in [6.07, 6.45) is 2.78. The number of benzene rings is 1. The Balaban J connectivity index is 2.05. The number of nitrogens with two attached hydrogens (primary N) is 1. The van der Waals surface area contributed by atoms with Gasteiger partial charge in [0.25, 0.3) is 0 Å². The number of carbonyl (C=O) groups excluding carboxylic acids is 2. The Morgan fingerprint density at radius 3 is 2.50 bits per heavy atom. The maximum atomic E-state index is 13.1. The van der Waals surface area contributed by atoms with Gasteiger partial charge in [0.1, 0.15) is 11.8 Å². The maximum Gasteiger partial charge on any atom is 0.244 e. The van der Waals surface area contributed by atoms with Crippen LogP contribution in [0.25, 0.3) is 0 Å². The average molecular weight is 350 g/mol. The first-order valence-corrected chi connectivity index (χ1v) is 9.68. The number of hydrogen-bond donors (Lipinski definition) is 1. The van der Waals surface area contributed by atoms with Crippen LogP contribution < -0.4 is 5.73 Å². The van der Waals surface area contributed by atoms with E-state index in [1.54, 1.807) is 12.1 Å². The number of nitrogens with zero attached hydrogens (tertiary/aromatic N) is 1. The summed E-state index contributed by atoms with van der Waals surface area (Å²) >= 11 is 0. The van der Waals surface area contributed by atoms with Crippen LogP contribution in [0.2, 0.25) is 0 Å². The van der Waals surface area contributed by atoms with Gasteiger partial charge in [0.05, 0.1) is 4.90 Å². The fourth-order valence-electron chi connectivity index (χ4n) is 3.84. The first kappa shape index (κ1) is 17.1. The molecule has 0 unspecified atom stereocenters. The van der Waals surface area contributed by atoms with Gasteiger partial charge in [-0.15, -0.1) is 0 Å². The Morgan fingerprint density at radius 1 is 1.21 bits per heavy atom. The van der Waals surface area contributed by atoms with Crippen molar-refractivity contribution in [3.63, 3.8) is 0 Å². The van der Waals surface area contributed by atoms with Crippen LogP contribution in [0, 0.1) is 12.8 Å². The zero-order chi connectivity index (χ0) is 17.5. The van der Waals surface area contributed by atoms with Gasteiger partial charge in [-0.05, 0) is 38.3 Å². The third-order valence-electron chi connectivity index (χ3n) is 5.09. The van der Waals surface area contributed by atoms with Gasteiger partial charge in [0, 0.05) is 18.4 Å². The van der Waals surface area contributed by atoms with Gasteiger partial charge in [-0.1, -0.05) is 24.1 Å². The highest BCUT2D eigenvalue weighted by Crippen LogP contribution is 2.40. The van der Waals surface area contributed by atoms with E-state index >= 15 is 0 Å². The molecule has 0 aromatic heterocycles. The summed E-state index contributed by atoms with van der Waals surface area (Å²) < 4.78 is 27.5. The molecule has 0 spiro atoms. The second-order valence-corrected chi connectivity index (χ2v) is 8.53. The van der Waals surface area contributed by atoms with E-state index in [0.717, 1.165) is 18.4 Å². The first-order chi connectivity index (χ1) is 11.3. The summed E-state index contributed by atoms with van der Waals surface area (Å²) in [6.45, 7) is 1.87. The topological polar surface area (TPSA) is 97.5 Å². The Bertz CT molecular complexity index is 757. The lowest BCUT2D eigenvalue weighted by Gasteiger charge is -2.28. The second kappa shape index (κ2) is 6.29. The molecule has 2 N–H and O–H groups in total. The number of primary amides is 1. The molecule has 1 aliphatic heterocycles. The Morgan fingerprint density at radius 2 is 1.88 bits per heavy atom. The number of carbonyl (C=O) groups is 2. The van der Waals surface area contributed by atoms with Crippen molar-refractivity contribution >= 4 is 21.7 Å². The van der Waals surface area contributed by atoms with Gasteiger partial charge < -0.3 is 5.73 Å². The highest BCUT2D eigenvalue weighted by atomic mass is 32.2. The molecule has 1 amide bonds. The highest BCUT2D eigenvalue weighted by molar-refractivity contribution is 7.89. The molecule has 1 aliphatic carbocycles. The third kappa shape index (κ3) is 2.86. The predicted octanol–water partition coefficient (Wildman–Crippen LogP) is 1.37. The van der Waals surface area contributed by atoms with Crippen molar-refractivity contribution in [2.24, 2.45) is 11.7 Å². The molecular weight excluding hydrogens is 328 g/mol. The maximum absolute atomic E-state index is 13.1. The molecule has 1 saturated carbocycles. The molecule has 0 bridgehead atoms. The minimum atomic E-state index is -3.88. The Hall–Kier alpha value is -1.73. The Labute approximate surface area is 142 Å². The smallest absolute Gasteiger partial charge is 0.244 e. The van der Waals surface area contributed by atoms with Crippen molar-refractivity contribution in [1.82, 2.24) is 4.31 Å². The second-order valence-electron chi connectivity index (χ2n) is 6.69. The van der Waals surface area contributed by atoms with Crippen LogP contribution in [0.1, 0.15) is 37.7 Å². The van der Waals surface area contributed by atoms with Crippen LogP contribution in [0.15, 0.2) is 29.2 Å². The number of hydrogen-bond acceptors (Lipinski definition) is 4. The van der Waals surface area contributed by atoms with Crippen LogP contribution >= 0.6 is 0 Å². The Kier molecular flexibility index (Phi) is 4.48. The number of aryl methyl sites for hydroxylation is 1. The number of amides is 1. The average Bonchev–Trinajstić information content (AvgIpc) is 2.84. The van der Waals surface area contributed by atoms with Gasteiger partial charge in [-0.25, -0.2) is 8.42 Å². The van der Waals surface area contributed by atoms with E-state index in [2.05, 4.69) is 0 Å². The fraction of sp³-hybridized carbons (Fsp3) is 0.529. The lowest BCUT2D eigenvalue weighted by molar-refractivity contribution is -0.122. The lowest BCUT2D eigenvalue weighted by atomic mass is 9.93. The molecule has 0 radical (unpaired) electrons. The van der Waals surface area contributed by atoms with E-state index < -0.39 is 33.9 Å². The molecule has 1 heterocycles. The number of fused-ring (bicyclic) bond motifs is 1. The molecule has 1 saturated heterocycles.